The van der Waals surface area contributed by atoms with Crippen molar-refractivity contribution in [3.05, 3.63) is 47.3 Å². The van der Waals surface area contributed by atoms with Gasteiger partial charge in [-0.05, 0) is 18.2 Å². The van der Waals surface area contributed by atoms with Crippen molar-refractivity contribution in [1.82, 2.24) is 25.0 Å². The standard InChI is InChI=1S/C18H25ClN6O3S.HI/c1-20-18(25-10-8-24(9-11-25)14-16-5-12-28-23-16)21-6-7-22-29(26,27)17-4-2-3-15(19)13-17;/h2-5,12-13,22H,6-11,14H2,1H3,(H,20,21);1H. The van der Waals surface area contributed by atoms with Crippen LogP contribution in [0.3, 0.4) is 0 Å². The molecular weight excluding hydrogens is 543 g/mol. The molecule has 0 saturated carbocycles. The minimum atomic E-state index is -3.59. The summed E-state index contributed by atoms with van der Waals surface area (Å²) < 4.78 is 32.1. The van der Waals surface area contributed by atoms with Gasteiger partial charge in [-0.25, -0.2) is 13.1 Å². The fourth-order valence-corrected chi connectivity index (χ4v) is 4.41. The van der Waals surface area contributed by atoms with Gasteiger partial charge in [0.25, 0.3) is 0 Å². The molecule has 2 heterocycles. The highest BCUT2D eigenvalue weighted by molar-refractivity contribution is 14.0. The first kappa shape index (κ1) is 24.9. The van der Waals surface area contributed by atoms with E-state index in [1.54, 1.807) is 25.4 Å². The quantitative estimate of drug-likeness (QED) is 0.226. The van der Waals surface area contributed by atoms with Gasteiger partial charge in [0.15, 0.2) is 5.96 Å². The predicted molar refractivity (Wildman–Crippen MR) is 127 cm³/mol. The summed E-state index contributed by atoms with van der Waals surface area (Å²) in [5.41, 5.74) is 0.924. The average Bonchev–Trinajstić information content (AvgIpc) is 3.22. The maximum Gasteiger partial charge on any atom is 0.240 e. The Kier molecular flexibility index (Phi) is 9.81. The molecule has 0 spiro atoms. The van der Waals surface area contributed by atoms with E-state index in [4.69, 9.17) is 16.1 Å². The van der Waals surface area contributed by atoms with E-state index in [0.29, 0.717) is 11.6 Å². The Labute approximate surface area is 198 Å². The second-order valence-corrected chi connectivity index (χ2v) is 8.79. The van der Waals surface area contributed by atoms with Crippen molar-refractivity contribution in [3.63, 3.8) is 0 Å². The number of benzene rings is 1. The number of hydrogen-bond donors (Lipinski definition) is 2. The molecule has 30 heavy (non-hydrogen) atoms. The molecule has 2 N–H and O–H groups in total. The lowest BCUT2D eigenvalue weighted by Gasteiger charge is -2.36. The molecule has 166 valence electrons. The highest BCUT2D eigenvalue weighted by atomic mass is 127. The molecule has 12 heteroatoms. The molecule has 1 saturated heterocycles. The Bertz CT molecular complexity index is 918. The third kappa shape index (κ3) is 7.08. The molecule has 1 aromatic carbocycles. The number of hydrogen-bond acceptors (Lipinski definition) is 6. The highest BCUT2D eigenvalue weighted by Gasteiger charge is 2.20. The summed E-state index contributed by atoms with van der Waals surface area (Å²) in [5.74, 6) is 0.757. The van der Waals surface area contributed by atoms with E-state index in [0.717, 1.165) is 44.4 Å². The number of nitrogens with one attached hydrogen (secondary N) is 2. The fraction of sp³-hybridized carbons (Fsp3) is 0.444. The molecule has 0 bridgehead atoms. The molecule has 3 rings (SSSR count). The van der Waals surface area contributed by atoms with E-state index in [1.807, 2.05) is 6.07 Å². The SMILES string of the molecule is CN=C(NCCNS(=O)(=O)c1cccc(Cl)c1)N1CCN(Cc2ccon2)CC1.I. The van der Waals surface area contributed by atoms with Crippen LogP contribution in [0.1, 0.15) is 5.69 Å². The summed E-state index contributed by atoms with van der Waals surface area (Å²) in [6.45, 7) is 4.84. The molecule has 0 radical (unpaired) electrons. The topological polar surface area (TPSA) is 103 Å². The Balaban J connectivity index is 0.00000320. The van der Waals surface area contributed by atoms with Crippen molar-refractivity contribution in [2.45, 2.75) is 11.4 Å². The summed E-state index contributed by atoms with van der Waals surface area (Å²) in [7, 11) is -1.87. The lowest BCUT2D eigenvalue weighted by Crippen LogP contribution is -2.53. The number of rotatable bonds is 7. The van der Waals surface area contributed by atoms with Gasteiger partial charge in [0, 0.05) is 63.9 Å². The molecular formula is C18H26ClIN6O3S. The molecule has 1 fully saturated rings. The molecule has 0 amide bonds. The largest absolute Gasteiger partial charge is 0.364 e. The van der Waals surface area contributed by atoms with Crippen LogP contribution in [-0.4, -0.2) is 75.7 Å². The van der Waals surface area contributed by atoms with Crippen LogP contribution < -0.4 is 10.0 Å². The lowest BCUT2D eigenvalue weighted by molar-refractivity contribution is 0.169. The summed E-state index contributed by atoms with van der Waals surface area (Å²) in [6.07, 6.45) is 1.58. The van der Waals surface area contributed by atoms with Gasteiger partial charge in [0.2, 0.25) is 10.0 Å². The van der Waals surface area contributed by atoms with Gasteiger partial charge >= 0.3 is 0 Å². The number of sulfonamides is 1. The number of aliphatic imine (C=N–C) groups is 1. The minimum Gasteiger partial charge on any atom is -0.364 e. The summed E-state index contributed by atoms with van der Waals surface area (Å²) in [6, 6.07) is 8.06. The van der Waals surface area contributed by atoms with Gasteiger partial charge in [-0.15, -0.1) is 24.0 Å². The van der Waals surface area contributed by atoms with Crippen molar-refractivity contribution in [3.8, 4) is 0 Å². The third-order valence-electron chi connectivity index (χ3n) is 4.57. The molecule has 9 nitrogen and oxygen atoms in total. The number of halogens is 2. The van der Waals surface area contributed by atoms with Crippen molar-refractivity contribution < 1.29 is 12.9 Å². The first-order chi connectivity index (χ1) is 14.0. The number of piperazine rings is 1. The van der Waals surface area contributed by atoms with Crippen molar-refractivity contribution >= 4 is 51.6 Å². The smallest absolute Gasteiger partial charge is 0.240 e. The Hall–Kier alpha value is -1.41. The predicted octanol–water partition coefficient (Wildman–Crippen LogP) is 1.62. The van der Waals surface area contributed by atoms with Gasteiger partial charge in [-0.2, -0.15) is 0 Å². The van der Waals surface area contributed by atoms with Gasteiger partial charge in [-0.1, -0.05) is 22.8 Å². The highest BCUT2D eigenvalue weighted by Crippen LogP contribution is 2.14. The molecule has 2 aromatic rings. The van der Waals surface area contributed by atoms with Crippen LogP contribution >= 0.6 is 35.6 Å². The molecule has 1 aliphatic rings. The zero-order chi connectivity index (χ0) is 20.7. The Morgan fingerprint density at radius 1 is 1.23 bits per heavy atom. The van der Waals surface area contributed by atoms with Crippen LogP contribution in [0.25, 0.3) is 0 Å². The number of guanidine groups is 1. The van der Waals surface area contributed by atoms with E-state index < -0.39 is 10.0 Å². The van der Waals surface area contributed by atoms with Crippen LogP contribution in [-0.2, 0) is 16.6 Å². The molecule has 1 aliphatic heterocycles. The molecule has 0 unspecified atom stereocenters. The van der Waals surface area contributed by atoms with Crippen molar-refractivity contribution in [2.75, 3.05) is 46.3 Å². The van der Waals surface area contributed by atoms with Gasteiger partial charge in [-0.3, -0.25) is 9.89 Å². The Morgan fingerprint density at radius 2 is 2.00 bits per heavy atom. The van der Waals surface area contributed by atoms with Crippen LogP contribution in [0.5, 0.6) is 0 Å². The van der Waals surface area contributed by atoms with Gasteiger partial charge in [0.1, 0.15) is 6.26 Å². The second-order valence-electron chi connectivity index (χ2n) is 6.58. The van der Waals surface area contributed by atoms with E-state index in [1.165, 1.54) is 12.1 Å². The minimum absolute atomic E-state index is 0. The Morgan fingerprint density at radius 3 is 2.63 bits per heavy atom. The van der Waals surface area contributed by atoms with Crippen LogP contribution in [0.15, 0.2) is 51.0 Å². The van der Waals surface area contributed by atoms with E-state index >= 15 is 0 Å². The van der Waals surface area contributed by atoms with Crippen LogP contribution in [0.4, 0.5) is 0 Å². The van der Waals surface area contributed by atoms with Crippen LogP contribution in [0, 0.1) is 0 Å². The zero-order valence-corrected chi connectivity index (χ0v) is 20.5. The van der Waals surface area contributed by atoms with Gasteiger partial charge in [0.05, 0.1) is 10.6 Å². The summed E-state index contributed by atoms with van der Waals surface area (Å²) >= 11 is 5.87. The lowest BCUT2D eigenvalue weighted by atomic mass is 10.3. The van der Waals surface area contributed by atoms with Crippen molar-refractivity contribution in [1.29, 1.82) is 0 Å². The van der Waals surface area contributed by atoms with Gasteiger partial charge < -0.3 is 14.7 Å². The molecule has 1 aromatic heterocycles. The maximum absolute atomic E-state index is 12.3. The first-order valence-electron chi connectivity index (χ1n) is 9.30. The third-order valence-corrected chi connectivity index (χ3v) is 6.26. The van der Waals surface area contributed by atoms with E-state index in [2.05, 4.69) is 30.0 Å². The second kappa shape index (κ2) is 11.8. The van der Waals surface area contributed by atoms with E-state index in [-0.39, 0.29) is 35.4 Å². The maximum atomic E-state index is 12.3. The fourth-order valence-electron chi connectivity index (χ4n) is 3.08. The van der Waals surface area contributed by atoms with E-state index in [9.17, 15) is 8.42 Å². The van der Waals surface area contributed by atoms with Crippen LogP contribution in [0.2, 0.25) is 5.02 Å². The zero-order valence-electron chi connectivity index (χ0n) is 16.6. The molecule has 0 aliphatic carbocycles. The monoisotopic (exact) mass is 568 g/mol. The average molecular weight is 569 g/mol. The summed E-state index contributed by atoms with van der Waals surface area (Å²) in [5, 5.41) is 7.54. The number of nitrogens with zero attached hydrogens (tertiary/aromatic N) is 4. The normalized spacial score (nSPS) is 15.7. The summed E-state index contributed by atoms with van der Waals surface area (Å²) in [4.78, 5) is 8.92. The number of aromatic nitrogens is 1. The van der Waals surface area contributed by atoms with Crippen molar-refractivity contribution in [2.24, 2.45) is 4.99 Å². The first-order valence-corrected chi connectivity index (χ1v) is 11.2. The molecule has 0 atom stereocenters.